The van der Waals surface area contributed by atoms with Gasteiger partial charge in [-0.1, -0.05) is 6.07 Å². The zero-order valence-electron chi connectivity index (χ0n) is 11.9. The first-order valence-corrected chi connectivity index (χ1v) is 8.15. The van der Waals surface area contributed by atoms with Crippen LogP contribution in [0.3, 0.4) is 0 Å². The second-order valence-electron chi connectivity index (χ2n) is 5.26. The summed E-state index contributed by atoms with van der Waals surface area (Å²) >= 11 is 1.68. The van der Waals surface area contributed by atoms with Crippen LogP contribution in [0.2, 0.25) is 0 Å². The van der Waals surface area contributed by atoms with Gasteiger partial charge in [0.15, 0.2) is 0 Å². The lowest BCUT2D eigenvalue weighted by molar-refractivity contribution is -0.130. The molecule has 7 heteroatoms. The number of carbonyl (C=O) groups is 2. The van der Waals surface area contributed by atoms with E-state index in [1.807, 2.05) is 6.07 Å². The van der Waals surface area contributed by atoms with Crippen LogP contribution in [0.4, 0.5) is 4.79 Å². The number of carbonyl (C=O) groups excluding carboxylic acids is 2. The van der Waals surface area contributed by atoms with E-state index in [0.717, 1.165) is 5.75 Å². The lowest BCUT2D eigenvalue weighted by Gasteiger charge is -2.19. The first kappa shape index (κ1) is 14.7. The Morgan fingerprint density at radius 1 is 1.45 bits per heavy atom. The Bertz CT molecular complexity index is 650. The molecule has 1 spiro atoms. The van der Waals surface area contributed by atoms with Crippen molar-refractivity contribution in [2.75, 3.05) is 24.7 Å². The molecular formula is C15H15N3O3S. The maximum Gasteiger partial charge on any atom is 0.325 e. The van der Waals surface area contributed by atoms with Crippen molar-refractivity contribution in [3.63, 3.8) is 0 Å². The summed E-state index contributed by atoms with van der Waals surface area (Å²) in [5, 5.41) is 11.6. The Kier molecular flexibility index (Phi) is 3.94. The molecule has 1 aromatic rings. The average Bonchev–Trinajstić information content (AvgIpc) is 3.08. The van der Waals surface area contributed by atoms with Gasteiger partial charge in [-0.15, -0.1) is 0 Å². The second-order valence-corrected chi connectivity index (χ2v) is 6.36. The van der Waals surface area contributed by atoms with Crippen molar-refractivity contribution in [2.24, 2.45) is 0 Å². The molecule has 0 radical (unpaired) electrons. The third-order valence-electron chi connectivity index (χ3n) is 3.81. The van der Waals surface area contributed by atoms with E-state index in [9.17, 15) is 9.59 Å². The predicted octanol–water partition coefficient (Wildman–Crippen LogP) is 1.36. The van der Waals surface area contributed by atoms with E-state index in [-0.39, 0.29) is 25.1 Å². The largest absolute Gasteiger partial charge is 0.492 e. The van der Waals surface area contributed by atoms with E-state index in [1.54, 1.807) is 36.0 Å². The van der Waals surface area contributed by atoms with Crippen LogP contribution in [-0.4, -0.2) is 47.0 Å². The molecule has 1 N–H and O–H groups in total. The van der Waals surface area contributed by atoms with Gasteiger partial charge in [0.1, 0.15) is 17.9 Å². The maximum absolute atomic E-state index is 12.4. The van der Waals surface area contributed by atoms with E-state index in [2.05, 4.69) is 5.32 Å². The van der Waals surface area contributed by atoms with Crippen LogP contribution in [0.25, 0.3) is 0 Å². The molecule has 1 atom stereocenters. The average molecular weight is 317 g/mol. The van der Waals surface area contributed by atoms with Gasteiger partial charge in [-0.05, 0) is 30.4 Å². The molecule has 1 aromatic carbocycles. The second kappa shape index (κ2) is 5.89. The maximum atomic E-state index is 12.4. The summed E-state index contributed by atoms with van der Waals surface area (Å²) in [6, 6.07) is 8.47. The highest BCUT2D eigenvalue weighted by Crippen LogP contribution is 2.33. The van der Waals surface area contributed by atoms with Crippen LogP contribution in [0.1, 0.15) is 12.0 Å². The molecule has 22 heavy (non-hydrogen) atoms. The van der Waals surface area contributed by atoms with Gasteiger partial charge in [-0.25, -0.2) is 4.79 Å². The van der Waals surface area contributed by atoms with E-state index in [0.29, 0.717) is 23.5 Å². The monoisotopic (exact) mass is 317 g/mol. The summed E-state index contributed by atoms with van der Waals surface area (Å²) in [5.41, 5.74) is -0.197. The van der Waals surface area contributed by atoms with Crippen LogP contribution < -0.4 is 10.1 Å². The Balaban J connectivity index is 1.58. The zero-order valence-corrected chi connectivity index (χ0v) is 12.7. The lowest BCUT2D eigenvalue weighted by Crippen LogP contribution is -2.47. The molecule has 2 saturated heterocycles. The lowest BCUT2D eigenvalue weighted by atomic mass is 9.99. The van der Waals surface area contributed by atoms with Crippen LogP contribution in [0.15, 0.2) is 24.3 Å². The molecule has 2 aliphatic heterocycles. The van der Waals surface area contributed by atoms with E-state index in [1.165, 1.54) is 4.90 Å². The third-order valence-corrected chi connectivity index (χ3v) is 5.00. The fourth-order valence-electron chi connectivity index (χ4n) is 2.62. The molecule has 2 heterocycles. The minimum absolute atomic E-state index is 0.156. The SMILES string of the molecule is N#Cc1cccc(OCCN2C(=O)N[C@@]3(CCSC3)C2=O)c1. The van der Waals surface area contributed by atoms with Crippen molar-refractivity contribution in [2.45, 2.75) is 12.0 Å². The van der Waals surface area contributed by atoms with Gasteiger partial charge in [-0.2, -0.15) is 17.0 Å². The number of amides is 3. The zero-order chi connectivity index (χ0) is 15.6. The number of thioether (sulfide) groups is 1. The predicted molar refractivity (Wildman–Crippen MR) is 81.6 cm³/mol. The summed E-state index contributed by atoms with van der Waals surface area (Å²) in [6.45, 7) is 0.408. The number of imide groups is 1. The molecule has 0 saturated carbocycles. The molecular weight excluding hydrogens is 302 g/mol. The highest BCUT2D eigenvalue weighted by atomic mass is 32.2. The summed E-state index contributed by atoms with van der Waals surface area (Å²) in [5.74, 6) is 1.92. The molecule has 114 valence electrons. The van der Waals surface area contributed by atoms with Crippen LogP contribution >= 0.6 is 11.8 Å². The van der Waals surface area contributed by atoms with Gasteiger partial charge in [0.2, 0.25) is 0 Å². The molecule has 6 nitrogen and oxygen atoms in total. The van der Waals surface area contributed by atoms with E-state index >= 15 is 0 Å². The third kappa shape index (κ3) is 2.62. The summed E-state index contributed by atoms with van der Waals surface area (Å²) < 4.78 is 5.53. The van der Waals surface area contributed by atoms with Gasteiger partial charge in [0, 0.05) is 5.75 Å². The molecule has 0 aromatic heterocycles. The van der Waals surface area contributed by atoms with Crippen molar-refractivity contribution < 1.29 is 14.3 Å². The minimum atomic E-state index is -0.706. The summed E-state index contributed by atoms with van der Waals surface area (Å²) in [7, 11) is 0. The number of nitrogens with one attached hydrogen (secondary N) is 1. The van der Waals surface area contributed by atoms with E-state index < -0.39 is 5.54 Å². The number of rotatable bonds is 4. The van der Waals surface area contributed by atoms with Crippen molar-refractivity contribution in [3.05, 3.63) is 29.8 Å². The van der Waals surface area contributed by atoms with Gasteiger partial charge in [-0.3, -0.25) is 9.69 Å². The summed E-state index contributed by atoms with van der Waals surface area (Å²) in [6.07, 6.45) is 0.684. The first-order chi connectivity index (χ1) is 10.6. The quantitative estimate of drug-likeness (QED) is 0.848. The Morgan fingerprint density at radius 3 is 3.05 bits per heavy atom. The number of hydrogen-bond acceptors (Lipinski definition) is 5. The molecule has 0 bridgehead atoms. The van der Waals surface area contributed by atoms with Crippen LogP contribution in [0.5, 0.6) is 5.75 Å². The Labute approximate surface area is 132 Å². The fraction of sp³-hybridized carbons (Fsp3) is 0.400. The Hall–Kier alpha value is -2.20. The van der Waals surface area contributed by atoms with Crippen molar-refractivity contribution >= 4 is 23.7 Å². The number of nitriles is 1. The molecule has 2 fully saturated rings. The van der Waals surface area contributed by atoms with Crippen molar-refractivity contribution in [3.8, 4) is 11.8 Å². The number of benzene rings is 1. The van der Waals surface area contributed by atoms with Gasteiger partial charge < -0.3 is 10.1 Å². The van der Waals surface area contributed by atoms with Crippen LogP contribution in [0, 0.1) is 11.3 Å². The molecule has 0 unspecified atom stereocenters. The molecule has 3 amide bonds. The number of hydrogen-bond donors (Lipinski definition) is 1. The highest BCUT2D eigenvalue weighted by molar-refractivity contribution is 7.99. The number of ether oxygens (including phenoxy) is 1. The fourth-order valence-corrected chi connectivity index (χ4v) is 3.95. The summed E-state index contributed by atoms with van der Waals surface area (Å²) in [4.78, 5) is 25.6. The van der Waals surface area contributed by atoms with Crippen LogP contribution in [-0.2, 0) is 4.79 Å². The van der Waals surface area contributed by atoms with Gasteiger partial charge in [0.05, 0.1) is 18.2 Å². The van der Waals surface area contributed by atoms with Crippen molar-refractivity contribution in [1.29, 1.82) is 5.26 Å². The smallest absolute Gasteiger partial charge is 0.325 e. The number of urea groups is 1. The Morgan fingerprint density at radius 2 is 2.32 bits per heavy atom. The van der Waals surface area contributed by atoms with Crippen molar-refractivity contribution in [1.82, 2.24) is 10.2 Å². The van der Waals surface area contributed by atoms with Gasteiger partial charge >= 0.3 is 6.03 Å². The number of nitrogens with zero attached hydrogens (tertiary/aromatic N) is 2. The molecule has 2 aliphatic rings. The first-order valence-electron chi connectivity index (χ1n) is 6.99. The minimum Gasteiger partial charge on any atom is -0.492 e. The molecule has 0 aliphatic carbocycles. The normalized spacial score (nSPS) is 23.7. The van der Waals surface area contributed by atoms with E-state index in [4.69, 9.17) is 10.00 Å². The highest BCUT2D eigenvalue weighted by Gasteiger charge is 2.52. The topological polar surface area (TPSA) is 82.4 Å². The molecule has 3 rings (SSSR count). The standard InChI is InChI=1S/C15H15N3O3S/c16-9-11-2-1-3-12(8-11)21-6-5-18-13(19)15(17-14(18)20)4-7-22-10-15/h1-3,8H,4-7,10H2,(H,17,20)/t15-/m1/s1. The van der Waals surface area contributed by atoms with Gasteiger partial charge in [0.25, 0.3) is 5.91 Å².